The molecular weight excluding hydrogens is 556 g/mol. The number of aromatic nitrogens is 3. The van der Waals surface area contributed by atoms with Crippen LogP contribution >= 0.6 is 0 Å². The fourth-order valence-corrected chi connectivity index (χ4v) is 5.72. The number of nitrogens with zero attached hydrogens (tertiary/aromatic N) is 5. The maximum atomic E-state index is 12.8. The van der Waals surface area contributed by atoms with Crippen LogP contribution in [0.15, 0.2) is 65.5 Å². The first-order chi connectivity index (χ1) is 21.0. The Morgan fingerprint density at radius 2 is 1.43 bits per heavy atom. The van der Waals surface area contributed by atoms with E-state index in [0.717, 1.165) is 50.4 Å². The molecule has 0 spiro atoms. The first kappa shape index (κ1) is 31.0. The largest absolute Gasteiger partial charge is 0.508 e. The van der Waals surface area contributed by atoms with E-state index >= 15 is 0 Å². The van der Waals surface area contributed by atoms with Crippen LogP contribution in [0, 0.1) is 0 Å². The van der Waals surface area contributed by atoms with E-state index in [1.54, 1.807) is 17.9 Å². The van der Waals surface area contributed by atoms with Gasteiger partial charge in [-0.3, -0.25) is 14.6 Å². The van der Waals surface area contributed by atoms with Crippen molar-refractivity contribution in [3.63, 3.8) is 0 Å². The number of carbonyl (C=O) groups excluding carboxylic acids is 1. The van der Waals surface area contributed by atoms with Crippen molar-refractivity contribution in [3.8, 4) is 28.6 Å². The number of phenols is 2. The number of nitrogens with one attached hydrogen (secondary N) is 1. The molecule has 5 rings (SSSR count). The number of benzene rings is 3. The first-order valence-electron chi connectivity index (χ1n) is 15.1. The van der Waals surface area contributed by atoms with Crippen molar-refractivity contribution in [2.45, 2.75) is 52.7 Å². The van der Waals surface area contributed by atoms with Gasteiger partial charge < -0.3 is 15.1 Å². The van der Waals surface area contributed by atoms with Gasteiger partial charge in [0.15, 0.2) is 5.82 Å². The van der Waals surface area contributed by atoms with Crippen LogP contribution in [0.3, 0.4) is 0 Å². The van der Waals surface area contributed by atoms with Crippen molar-refractivity contribution in [2.24, 2.45) is 0 Å². The van der Waals surface area contributed by atoms with Crippen LogP contribution in [-0.2, 0) is 17.9 Å². The fraction of sp³-hybridized carbons (Fsp3) is 0.382. The lowest BCUT2D eigenvalue weighted by molar-refractivity contribution is -0.129. The molecule has 0 saturated carbocycles. The summed E-state index contributed by atoms with van der Waals surface area (Å²) in [4.78, 5) is 31.1. The number of phenolic OH excluding ortho intramolecular Hbond substituents is 2. The number of hydrogen-bond donors (Lipinski definition) is 3. The Morgan fingerprint density at radius 1 is 0.886 bits per heavy atom. The summed E-state index contributed by atoms with van der Waals surface area (Å²) in [5.74, 6) is 0.231. The highest BCUT2D eigenvalue weighted by Gasteiger charge is 2.21. The number of aromatic hydroxyl groups is 2. The summed E-state index contributed by atoms with van der Waals surface area (Å²) in [5.41, 5.74) is 4.82. The second-order valence-corrected chi connectivity index (χ2v) is 12.0. The van der Waals surface area contributed by atoms with E-state index in [1.807, 2.05) is 52.1 Å². The Bertz CT molecular complexity index is 1650. The summed E-state index contributed by atoms with van der Waals surface area (Å²) in [6.45, 7) is 13.1. The molecule has 0 aliphatic carbocycles. The van der Waals surface area contributed by atoms with E-state index in [1.165, 1.54) is 16.2 Å². The van der Waals surface area contributed by atoms with Crippen molar-refractivity contribution in [1.82, 2.24) is 29.5 Å². The Labute approximate surface area is 258 Å². The maximum Gasteiger partial charge on any atom is 0.348 e. The van der Waals surface area contributed by atoms with Gasteiger partial charge in [-0.05, 0) is 53.3 Å². The normalized spacial score (nSPS) is 15.0. The second-order valence-electron chi connectivity index (χ2n) is 12.0. The van der Waals surface area contributed by atoms with Gasteiger partial charge in [-0.15, -0.1) is 0 Å². The third-order valence-corrected chi connectivity index (χ3v) is 8.69. The number of piperazine rings is 1. The number of hydrogen-bond acceptors (Lipinski definition) is 7. The molecule has 1 saturated heterocycles. The highest BCUT2D eigenvalue weighted by molar-refractivity contribution is 5.73. The lowest BCUT2D eigenvalue weighted by Crippen LogP contribution is -2.45. The zero-order chi connectivity index (χ0) is 31.5. The van der Waals surface area contributed by atoms with Crippen LogP contribution < -0.4 is 5.69 Å². The molecule has 232 valence electrons. The van der Waals surface area contributed by atoms with E-state index < -0.39 is 5.69 Å². The van der Waals surface area contributed by atoms with Gasteiger partial charge in [0.2, 0.25) is 5.91 Å². The van der Waals surface area contributed by atoms with Gasteiger partial charge in [-0.2, -0.15) is 5.10 Å². The van der Waals surface area contributed by atoms with Crippen LogP contribution in [0.5, 0.6) is 11.5 Å². The molecule has 4 aromatic rings. The molecule has 0 radical (unpaired) electrons. The SMILES string of the molecule is CC(=O)N(C)C(C)c1ccc(CN2CCN(Cc3ccc(-n4c(-c5cc(C(C)C)c(O)cc5O)n[nH]c4=O)cc3)CC2)cc1. The Balaban J connectivity index is 1.19. The molecule has 1 amide bonds. The summed E-state index contributed by atoms with van der Waals surface area (Å²) in [6.07, 6.45) is 0. The molecule has 0 bridgehead atoms. The van der Waals surface area contributed by atoms with Crippen molar-refractivity contribution < 1.29 is 15.0 Å². The van der Waals surface area contributed by atoms with E-state index in [4.69, 9.17) is 0 Å². The minimum absolute atomic E-state index is 0.00913. The topological polar surface area (TPSA) is 118 Å². The van der Waals surface area contributed by atoms with Gasteiger partial charge in [-0.25, -0.2) is 14.5 Å². The molecule has 1 fully saturated rings. The quantitative estimate of drug-likeness (QED) is 0.257. The first-order valence-corrected chi connectivity index (χ1v) is 15.1. The highest BCUT2D eigenvalue weighted by atomic mass is 16.3. The summed E-state index contributed by atoms with van der Waals surface area (Å²) >= 11 is 0. The molecule has 1 atom stereocenters. The molecule has 1 unspecified atom stereocenters. The van der Waals surface area contributed by atoms with E-state index in [2.05, 4.69) is 44.3 Å². The average Bonchev–Trinajstić information content (AvgIpc) is 3.38. The van der Waals surface area contributed by atoms with Gasteiger partial charge in [0.25, 0.3) is 0 Å². The fourth-order valence-electron chi connectivity index (χ4n) is 5.72. The van der Waals surface area contributed by atoms with Crippen LogP contribution in [0.25, 0.3) is 17.1 Å². The Hall–Kier alpha value is -4.41. The van der Waals surface area contributed by atoms with Gasteiger partial charge in [-0.1, -0.05) is 50.2 Å². The lowest BCUT2D eigenvalue weighted by atomic mass is 9.98. The monoisotopic (exact) mass is 598 g/mol. The minimum Gasteiger partial charge on any atom is -0.508 e. The van der Waals surface area contributed by atoms with Crippen LogP contribution in [-0.4, -0.2) is 78.8 Å². The molecule has 44 heavy (non-hydrogen) atoms. The van der Waals surface area contributed by atoms with Crippen molar-refractivity contribution >= 4 is 5.91 Å². The summed E-state index contributed by atoms with van der Waals surface area (Å²) < 4.78 is 1.44. The van der Waals surface area contributed by atoms with Crippen LogP contribution in [0.1, 0.15) is 61.9 Å². The van der Waals surface area contributed by atoms with Crippen molar-refractivity contribution in [2.75, 3.05) is 33.2 Å². The molecular formula is C34H42N6O4. The predicted molar refractivity (Wildman–Crippen MR) is 171 cm³/mol. The smallest absolute Gasteiger partial charge is 0.348 e. The predicted octanol–water partition coefficient (Wildman–Crippen LogP) is 4.62. The van der Waals surface area contributed by atoms with E-state index in [9.17, 15) is 19.8 Å². The summed E-state index contributed by atoms with van der Waals surface area (Å²) in [7, 11) is 1.83. The number of carbonyl (C=O) groups is 1. The molecule has 3 aromatic carbocycles. The van der Waals surface area contributed by atoms with Gasteiger partial charge in [0.1, 0.15) is 11.5 Å². The van der Waals surface area contributed by atoms with Gasteiger partial charge in [0.05, 0.1) is 17.3 Å². The molecule has 3 N–H and O–H groups in total. The average molecular weight is 599 g/mol. The number of rotatable bonds is 9. The standard InChI is InChI=1S/C34H42N6O4/c1-22(2)29-18-30(32(43)19-31(29)42)33-35-36-34(44)40(33)28-12-8-26(9-13-28)21-39-16-14-38(15-17-39)20-25-6-10-27(11-7-25)23(3)37(5)24(4)41/h6-13,18-19,22-23,42-43H,14-17,20-21H2,1-5H3,(H,36,44). The molecule has 10 nitrogen and oxygen atoms in total. The third-order valence-electron chi connectivity index (χ3n) is 8.69. The maximum absolute atomic E-state index is 12.8. The van der Waals surface area contributed by atoms with Gasteiger partial charge in [0, 0.05) is 59.3 Å². The van der Waals surface area contributed by atoms with Crippen molar-refractivity contribution in [3.05, 3.63) is 93.4 Å². The molecule has 10 heteroatoms. The van der Waals surface area contributed by atoms with Crippen LogP contribution in [0.4, 0.5) is 0 Å². The third kappa shape index (κ3) is 6.71. The Kier molecular flexibility index (Phi) is 9.22. The number of H-pyrrole nitrogens is 1. The molecule has 1 aromatic heterocycles. The van der Waals surface area contributed by atoms with E-state index in [-0.39, 0.29) is 35.2 Å². The number of amides is 1. The lowest BCUT2D eigenvalue weighted by Gasteiger charge is -2.34. The number of aromatic amines is 1. The molecule has 1 aliphatic heterocycles. The van der Waals surface area contributed by atoms with Crippen LogP contribution in [0.2, 0.25) is 0 Å². The Morgan fingerprint density at radius 3 is 1.95 bits per heavy atom. The molecule has 2 heterocycles. The highest BCUT2D eigenvalue weighted by Crippen LogP contribution is 2.37. The zero-order valence-electron chi connectivity index (χ0n) is 26.1. The minimum atomic E-state index is -0.407. The van der Waals surface area contributed by atoms with E-state index in [0.29, 0.717) is 16.8 Å². The summed E-state index contributed by atoms with van der Waals surface area (Å²) in [6, 6.07) is 19.4. The summed E-state index contributed by atoms with van der Waals surface area (Å²) in [5, 5.41) is 27.5. The van der Waals surface area contributed by atoms with Gasteiger partial charge >= 0.3 is 5.69 Å². The molecule has 1 aliphatic rings. The van der Waals surface area contributed by atoms with Crippen molar-refractivity contribution in [1.29, 1.82) is 0 Å². The second kappa shape index (κ2) is 13.1. The zero-order valence-corrected chi connectivity index (χ0v) is 26.1.